The van der Waals surface area contributed by atoms with Crippen LogP contribution in [-0.2, 0) is 6.54 Å². The number of piperidine rings is 1. The van der Waals surface area contributed by atoms with E-state index in [1.807, 2.05) is 12.1 Å². The van der Waals surface area contributed by atoms with Crippen molar-refractivity contribution in [2.45, 2.75) is 51.7 Å². The lowest BCUT2D eigenvalue weighted by atomic mass is 10.0. The zero-order valence-electron chi connectivity index (χ0n) is 12.3. The van der Waals surface area contributed by atoms with Gasteiger partial charge in [-0.1, -0.05) is 44.0 Å². The van der Waals surface area contributed by atoms with Gasteiger partial charge in [-0.3, -0.25) is 4.90 Å². The monoisotopic (exact) mass is 298 g/mol. The van der Waals surface area contributed by atoms with Gasteiger partial charge in [-0.2, -0.15) is 0 Å². The molecule has 1 aliphatic heterocycles. The van der Waals surface area contributed by atoms with Gasteiger partial charge in [0.05, 0.1) is 5.02 Å². The van der Waals surface area contributed by atoms with E-state index in [9.17, 15) is 4.39 Å². The van der Waals surface area contributed by atoms with Crippen LogP contribution in [0.1, 0.15) is 38.7 Å². The van der Waals surface area contributed by atoms with Crippen LogP contribution in [0.3, 0.4) is 0 Å². The van der Waals surface area contributed by atoms with Crippen molar-refractivity contribution in [1.29, 1.82) is 0 Å². The molecule has 1 aliphatic rings. The third-order valence-corrected chi connectivity index (χ3v) is 4.21. The molecular formula is C16H24ClFN2. The van der Waals surface area contributed by atoms with Gasteiger partial charge in [-0.05, 0) is 25.5 Å². The Morgan fingerprint density at radius 1 is 1.40 bits per heavy atom. The molecule has 1 aromatic rings. The Bertz CT molecular complexity index is 436. The summed E-state index contributed by atoms with van der Waals surface area (Å²) in [6.45, 7) is 6.97. The Labute approximate surface area is 126 Å². The fraction of sp³-hybridized carbons (Fsp3) is 0.625. The number of halogens is 2. The fourth-order valence-corrected chi connectivity index (χ4v) is 2.95. The summed E-state index contributed by atoms with van der Waals surface area (Å²) >= 11 is 5.86. The predicted molar refractivity (Wildman–Crippen MR) is 82.6 cm³/mol. The summed E-state index contributed by atoms with van der Waals surface area (Å²) < 4.78 is 14.0. The van der Waals surface area contributed by atoms with Gasteiger partial charge in [0.1, 0.15) is 5.82 Å². The van der Waals surface area contributed by atoms with Crippen molar-refractivity contribution in [2.75, 3.05) is 13.1 Å². The number of nitrogens with one attached hydrogen (secondary N) is 1. The lowest BCUT2D eigenvalue weighted by Crippen LogP contribution is -2.46. The van der Waals surface area contributed by atoms with Crippen molar-refractivity contribution in [3.05, 3.63) is 34.6 Å². The minimum absolute atomic E-state index is 0.219. The van der Waals surface area contributed by atoms with E-state index in [0.717, 1.165) is 13.1 Å². The fourth-order valence-electron chi connectivity index (χ4n) is 2.76. The number of hydrogen-bond acceptors (Lipinski definition) is 2. The Balaban J connectivity index is 2.02. The highest BCUT2D eigenvalue weighted by Gasteiger charge is 2.23. The predicted octanol–water partition coefficient (Wildman–Crippen LogP) is 3.83. The molecule has 0 bridgehead atoms. The summed E-state index contributed by atoms with van der Waals surface area (Å²) in [4.78, 5) is 2.38. The Morgan fingerprint density at radius 2 is 2.20 bits per heavy atom. The van der Waals surface area contributed by atoms with E-state index in [-0.39, 0.29) is 10.8 Å². The first kappa shape index (κ1) is 15.7. The Hall–Kier alpha value is -0.640. The highest BCUT2D eigenvalue weighted by atomic mass is 35.5. The summed E-state index contributed by atoms with van der Waals surface area (Å²) in [5.74, 6) is -0.268. The van der Waals surface area contributed by atoms with E-state index in [4.69, 9.17) is 11.6 Å². The number of likely N-dealkylation sites (tertiary alicyclic amines) is 1. The first-order valence-electron chi connectivity index (χ1n) is 7.48. The summed E-state index contributed by atoms with van der Waals surface area (Å²) in [7, 11) is 0. The molecule has 112 valence electrons. The average molecular weight is 299 g/mol. The van der Waals surface area contributed by atoms with Gasteiger partial charge in [0.15, 0.2) is 0 Å². The summed E-state index contributed by atoms with van der Waals surface area (Å²) in [6.07, 6.45) is 3.64. The third kappa shape index (κ3) is 4.18. The molecule has 2 rings (SSSR count). The van der Waals surface area contributed by atoms with E-state index in [1.54, 1.807) is 6.07 Å². The first-order valence-corrected chi connectivity index (χ1v) is 7.86. The third-order valence-electron chi connectivity index (χ3n) is 3.92. The van der Waals surface area contributed by atoms with Crippen molar-refractivity contribution in [1.82, 2.24) is 10.2 Å². The van der Waals surface area contributed by atoms with Crippen LogP contribution in [-0.4, -0.2) is 30.1 Å². The van der Waals surface area contributed by atoms with Crippen molar-refractivity contribution >= 4 is 11.6 Å². The summed E-state index contributed by atoms with van der Waals surface area (Å²) in [5, 5.41) is 3.71. The van der Waals surface area contributed by atoms with Gasteiger partial charge in [-0.15, -0.1) is 0 Å². The molecular weight excluding hydrogens is 275 g/mol. The van der Waals surface area contributed by atoms with Gasteiger partial charge in [-0.25, -0.2) is 4.39 Å². The van der Waals surface area contributed by atoms with Gasteiger partial charge >= 0.3 is 0 Å². The molecule has 0 spiro atoms. The first-order chi connectivity index (χ1) is 9.58. The second-order valence-corrected chi connectivity index (χ2v) is 6.30. The second-order valence-electron chi connectivity index (χ2n) is 5.90. The maximum atomic E-state index is 14.0. The largest absolute Gasteiger partial charge is 0.313 e. The zero-order valence-corrected chi connectivity index (χ0v) is 13.1. The maximum absolute atomic E-state index is 14.0. The molecule has 1 N–H and O–H groups in total. The van der Waals surface area contributed by atoms with Crippen LogP contribution in [0.15, 0.2) is 18.2 Å². The molecule has 2 nitrogen and oxygen atoms in total. The second kappa shape index (κ2) is 7.39. The molecule has 0 saturated carbocycles. The van der Waals surface area contributed by atoms with Gasteiger partial charge in [0.2, 0.25) is 0 Å². The molecule has 20 heavy (non-hydrogen) atoms. The molecule has 0 amide bonds. The number of hydrogen-bond donors (Lipinski definition) is 1. The molecule has 1 atom stereocenters. The molecule has 4 heteroatoms. The van der Waals surface area contributed by atoms with Crippen LogP contribution in [0.4, 0.5) is 4.39 Å². The standard InChI is InChI=1S/C16H24ClFN2/c1-12(2)19-10-14-7-3-4-9-20(14)11-13-6-5-8-15(17)16(13)18/h5-6,8,12,14,19H,3-4,7,9-11H2,1-2H3. The quantitative estimate of drug-likeness (QED) is 0.889. The van der Waals surface area contributed by atoms with Crippen LogP contribution >= 0.6 is 11.6 Å². The molecule has 1 heterocycles. The van der Waals surface area contributed by atoms with E-state index in [1.165, 1.54) is 19.3 Å². The van der Waals surface area contributed by atoms with Crippen molar-refractivity contribution < 1.29 is 4.39 Å². The van der Waals surface area contributed by atoms with E-state index in [2.05, 4.69) is 24.1 Å². The minimum atomic E-state index is -0.268. The van der Waals surface area contributed by atoms with E-state index >= 15 is 0 Å². The van der Waals surface area contributed by atoms with Crippen molar-refractivity contribution in [3.63, 3.8) is 0 Å². The number of nitrogens with zero attached hydrogens (tertiary/aromatic N) is 1. The van der Waals surface area contributed by atoms with Crippen LogP contribution in [0.5, 0.6) is 0 Å². The summed E-state index contributed by atoms with van der Waals surface area (Å²) in [5.41, 5.74) is 0.703. The van der Waals surface area contributed by atoms with Crippen LogP contribution in [0, 0.1) is 5.82 Å². The lowest BCUT2D eigenvalue weighted by Gasteiger charge is -2.36. The number of rotatable bonds is 5. The lowest BCUT2D eigenvalue weighted by molar-refractivity contribution is 0.134. The van der Waals surface area contributed by atoms with Gasteiger partial charge in [0, 0.05) is 30.7 Å². The average Bonchev–Trinajstić information content (AvgIpc) is 2.43. The number of benzene rings is 1. The highest BCUT2D eigenvalue weighted by Crippen LogP contribution is 2.23. The summed E-state index contributed by atoms with van der Waals surface area (Å²) in [6, 6.07) is 6.25. The zero-order chi connectivity index (χ0) is 14.5. The molecule has 0 aromatic heterocycles. The Kier molecular flexibility index (Phi) is 5.82. The van der Waals surface area contributed by atoms with Gasteiger partial charge in [0.25, 0.3) is 0 Å². The SMILES string of the molecule is CC(C)NCC1CCCCN1Cc1cccc(Cl)c1F. The Morgan fingerprint density at radius 3 is 2.95 bits per heavy atom. The van der Waals surface area contributed by atoms with Crippen LogP contribution < -0.4 is 5.32 Å². The molecule has 1 aromatic carbocycles. The van der Waals surface area contributed by atoms with Crippen LogP contribution in [0.25, 0.3) is 0 Å². The molecule has 1 unspecified atom stereocenters. The van der Waals surface area contributed by atoms with Gasteiger partial charge < -0.3 is 5.32 Å². The molecule has 1 fully saturated rings. The van der Waals surface area contributed by atoms with E-state index in [0.29, 0.717) is 24.2 Å². The molecule has 1 saturated heterocycles. The normalized spacial score (nSPS) is 20.6. The highest BCUT2D eigenvalue weighted by molar-refractivity contribution is 6.30. The van der Waals surface area contributed by atoms with Crippen molar-refractivity contribution in [3.8, 4) is 0 Å². The smallest absolute Gasteiger partial charge is 0.146 e. The van der Waals surface area contributed by atoms with Crippen LogP contribution in [0.2, 0.25) is 5.02 Å². The van der Waals surface area contributed by atoms with E-state index < -0.39 is 0 Å². The maximum Gasteiger partial charge on any atom is 0.146 e. The minimum Gasteiger partial charge on any atom is -0.313 e. The topological polar surface area (TPSA) is 15.3 Å². The molecule has 0 aliphatic carbocycles. The molecule has 0 radical (unpaired) electrons. The van der Waals surface area contributed by atoms with Crippen molar-refractivity contribution in [2.24, 2.45) is 0 Å².